The second-order valence-electron chi connectivity index (χ2n) is 2.60. The van der Waals surface area contributed by atoms with Crippen LogP contribution in [0.3, 0.4) is 0 Å². The number of carbonyl (C=O) groups excluding carboxylic acids is 2. The summed E-state index contributed by atoms with van der Waals surface area (Å²) < 4.78 is 0. The summed E-state index contributed by atoms with van der Waals surface area (Å²) in [5, 5.41) is 11.2. The van der Waals surface area contributed by atoms with Crippen molar-refractivity contribution in [3.05, 3.63) is 35.4 Å². The SMILES string of the molecule is N=C=N.O=C1N=C=NC(=O)c2ccccc21.[Cu]. The van der Waals surface area contributed by atoms with Gasteiger partial charge in [-0.2, -0.15) is 0 Å². The Hall–Kier alpha value is -2.16. The Morgan fingerprint density at radius 3 is 1.71 bits per heavy atom. The summed E-state index contributed by atoms with van der Waals surface area (Å²) in [7, 11) is 0. The van der Waals surface area contributed by atoms with Gasteiger partial charge in [-0.25, -0.2) is 10.8 Å². The molecular weight excluding hydrogens is 272 g/mol. The molecule has 6 nitrogen and oxygen atoms in total. The van der Waals surface area contributed by atoms with Crippen molar-refractivity contribution >= 4 is 23.8 Å². The zero-order valence-corrected chi connectivity index (χ0v) is 9.26. The van der Waals surface area contributed by atoms with E-state index in [2.05, 4.69) is 9.98 Å². The summed E-state index contributed by atoms with van der Waals surface area (Å²) >= 11 is 0. The second-order valence-corrected chi connectivity index (χ2v) is 2.60. The molecule has 1 aromatic carbocycles. The van der Waals surface area contributed by atoms with Gasteiger partial charge in [0.1, 0.15) is 6.01 Å². The average molecular weight is 278 g/mol. The van der Waals surface area contributed by atoms with Crippen LogP contribution < -0.4 is 0 Å². The number of nitrogens with one attached hydrogen (secondary N) is 2. The number of benzene rings is 1. The molecule has 1 aromatic rings. The minimum absolute atomic E-state index is 0. The summed E-state index contributed by atoms with van der Waals surface area (Å²) in [6.45, 7) is 0. The molecule has 1 aliphatic rings. The second kappa shape index (κ2) is 7.17. The minimum Gasteiger partial charge on any atom is -0.266 e. The fourth-order valence-electron chi connectivity index (χ4n) is 1.09. The van der Waals surface area contributed by atoms with Crippen LogP contribution in [0.25, 0.3) is 0 Å². The van der Waals surface area contributed by atoms with E-state index in [1.807, 2.05) is 6.01 Å². The van der Waals surface area contributed by atoms with Crippen molar-refractivity contribution in [3.63, 3.8) is 0 Å². The van der Waals surface area contributed by atoms with Crippen molar-refractivity contribution in [2.24, 2.45) is 9.98 Å². The maximum atomic E-state index is 11.2. The third kappa shape index (κ3) is 3.72. The maximum absolute atomic E-state index is 11.2. The molecule has 7 heteroatoms. The zero-order chi connectivity index (χ0) is 12.0. The first-order valence-electron chi connectivity index (χ1n) is 4.13. The molecular formula is C10H6CuN4O2. The molecule has 89 valence electrons. The van der Waals surface area contributed by atoms with E-state index in [1.165, 1.54) is 6.01 Å². The summed E-state index contributed by atoms with van der Waals surface area (Å²) in [5.74, 6) is -0.963. The summed E-state index contributed by atoms with van der Waals surface area (Å²) in [4.78, 5) is 29.1. The molecule has 0 aliphatic carbocycles. The Morgan fingerprint density at radius 2 is 1.35 bits per heavy atom. The third-order valence-corrected chi connectivity index (χ3v) is 1.69. The molecule has 17 heavy (non-hydrogen) atoms. The number of fused-ring (bicyclic) bond motifs is 1. The van der Waals surface area contributed by atoms with Gasteiger partial charge >= 0.3 is 0 Å². The molecule has 1 aliphatic heterocycles. The van der Waals surface area contributed by atoms with E-state index < -0.39 is 11.8 Å². The molecule has 0 aromatic heterocycles. The predicted octanol–water partition coefficient (Wildman–Crippen LogP) is 1.47. The third-order valence-electron chi connectivity index (χ3n) is 1.69. The Labute approximate surface area is 107 Å². The first kappa shape index (κ1) is 14.8. The van der Waals surface area contributed by atoms with Crippen molar-refractivity contribution in [1.82, 2.24) is 0 Å². The normalized spacial score (nSPS) is 11.3. The number of rotatable bonds is 0. The molecule has 0 saturated heterocycles. The van der Waals surface area contributed by atoms with Gasteiger partial charge in [0, 0.05) is 17.1 Å². The van der Waals surface area contributed by atoms with Gasteiger partial charge in [0.2, 0.25) is 0 Å². The zero-order valence-electron chi connectivity index (χ0n) is 8.32. The van der Waals surface area contributed by atoms with Gasteiger partial charge in [-0.05, 0) is 12.1 Å². The van der Waals surface area contributed by atoms with Crippen molar-refractivity contribution < 1.29 is 26.7 Å². The van der Waals surface area contributed by atoms with Crippen molar-refractivity contribution in [3.8, 4) is 0 Å². The molecule has 0 fully saturated rings. The fraction of sp³-hybridized carbons (Fsp3) is 0. The quantitative estimate of drug-likeness (QED) is 0.553. The van der Waals surface area contributed by atoms with Crippen LogP contribution in [0.2, 0.25) is 0 Å². The van der Waals surface area contributed by atoms with Crippen molar-refractivity contribution in [1.29, 1.82) is 10.8 Å². The molecule has 2 amide bonds. The molecule has 1 heterocycles. The Bertz CT molecular complexity index is 502. The topological polar surface area (TPSA) is 107 Å². The number of aliphatic imine (C=N–C) groups is 2. The number of nitrogens with zero attached hydrogens (tertiary/aromatic N) is 2. The van der Waals surface area contributed by atoms with Crippen molar-refractivity contribution in [2.45, 2.75) is 0 Å². The number of hydrogen-bond donors (Lipinski definition) is 2. The predicted molar refractivity (Wildman–Crippen MR) is 55.4 cm³/mol. The van der Waals surface area contributed by atoms with Crippen LogP contribution in [-0.2, 0) is 17.1 Å². The van der Waals surface area contributed by atoms with E-state index in [4.69, 9.17) is 10.8 Å². The van der Waals surface area contributed by atoms with E-state index in [1.54, 1.807) is 24.3 Å². The van der Waals surface area contributed by atoms with Gasteiger partial charge in [-0.3, -0.25) is 9.59 Å². The fourth-order valence-corrected chi connectivity index (χ4v) is 1.09. The van der Waals surface area contributed by atoms with Crippen molar-refractivity contribution in [2.75, 3.05) is 0 Å². The van der Waals surface area contributed by atoms with Gasteiger partial charge in [0.05, 0.1) is 17.1 Å². The molecule has 0 spiro atoms. The van der Waals surface area contributed by atoms with E-state index >= 15 is 0 Å². The van der Waals surface area contributed by atoms with E-state index in [0.29, 0.717) is 0 Å². The first-order valence-corrected chi connectivity index (χ1v) is 4.13. The van der Waals surface area contributed by atoms with Crippen LogP contribution in [0.15, 0.2) is 34.3 Å². The van der Waals surface area contributed by atoms with Crippen LogP contribution in [0.5, 0.6) is 0 Å². The van der Waals surface area contributed by atoms with Crippen LogP contribution in [0, 0.1) is 10.8 Å². The molecule has 0 atom stereocenters. The monoisotopic (exact) mass is 277 g/mol. The average Bonchev–Trinajstić information content (AvgIpc) is 2.42. The van der Waals surface area contributed by atoms with E-state index in [9.17, 15) is 9.59 Å². The molecule has 0 saturated carbocycles. The number of carbonyl (C=O) groups is 2. The molecule has 2 N–H and O–H groups in total. The number of hydrogen-bond acceptors (Lipinski definition) is 4. The summed E-state index contributed by atoms with van der Waals surface area (Å²) in [6, 6.07) is 9.72. The summed E-state index contributed by atoms with van der Waals surface area (Å²) in [5.41, 5.74) is 0.558. The molecule has 0 bridgehead atoms. The maximum Gasteiger partial charge on any atom is 0.287 e. The molecule has 0 unspecified atom stereocenters. The Morgan fingerprint density at radius 1 is 1.00 bits per heavy atom. The standard InChI is InChI=1S/C9H4N2O2.CH2N2.Cu/c12-8-6-3-1-2-4-7(6)9(13)11-5-10-8;2-1-3;/h1-4H;2-3H;. The Kier molecular flexibility index (Phi) is 6.26. The van der Waals surface area contributed by atoms with Gasteiger partial charge in [-0.15, -0.1) is 9.98 Å². The van der Waals surface area contributed by atoms with Crippen LogP contribution in [0.1, 0.15) is 20.7 Å². The van der Waals surface area contributed by atoms with Crippen LogP contribution in [-0.4, -0.2) is 23.8 Å². The van der Waals surface area contributed by atoms with Crippen LogP contribution in [0.4, 0.5) is 0 Å². The van der Waals surface area contributed by atoms with Crippen LogP contribution >= 0.6 is 0 Å². The number of amides is 2. The Balaban J connectivity index is 0.000000583. The van der Waals surface area contributed by atoms with Gasteiger partial charge < -0.3 is 0 Å². The first-order chi connectivity index (χ1) is 7.70. The van der Waals surface area contributed by atoms with Gasteiger partial charge in [0.25, 0.3) is 11.8 Å². The van der Waals surface area contributed by atoms with Gasteiger partial charge in [-0.1, -0.05) is 12.1 Å². The van der Waals surface area contributed by atoms with E-state index in [0.717, 1.165) is 0 Å². The van der Waals surface area contributed by atoms with Gasteiger partial charge in [0.15, 0.2) is 0 Å². The largest absolute Gasteiger partial charge is 0.287 e. The smallest absolute Gasteiger partial charge is 0.266 e. The van der Waals surface area contributed by atoms with E-state index in [-0.39, 0.29) is 28.2 Å². The summed E-state index contributed by atoms with van der Waals surface area (Å²) in [6.07, 6.45) is 0. The molecule has 2 rings (SSSR count). The minimum atomic E-state index is -0.481. The molecule has 1 radical (unpaired) electrons.